The summed E-state index contributed by atoms with van der Waals surface area (Å²) < 4.78 is 0. The summed E-state index contributed by atoms with van der Waals surface area (Å²) in [6, 6.07) is 1.16. The average Bonchev–Trinajstić information content (AvgIpc) is 2.72. The first kappa shape index (κ1) is 10.4. The molecule has 82 valence electrons. The summed E-state index contributed by atoms with van der Waals surface area (Å²) in [5, 5.41) is 3.67. The summed E-state index contributed by atoms with van der Waals surface area (Å²) in [6.45, 7) is 3.74. The molecule has 1 saturated heterocycles. The second-order valence-electron chi connectivity index (χ2n) is 5.10. The van der Waals surface area contributed by atoms with Crippen LogP contribution in [0.2, 0.25) is 0 Å². The Morgan fingerprint density at radius 2 is 2.21 bits per heavy atom. The van der Waals surface area contributed by atoms with Crippen molar-refractivity contribution in [1.29, 1.82) is 0 Å². The zero-order valence-corrected chi connectivity index (χ0v) is 9.21. The Labute approximate surface area is 87.0 Å². The van der Waals surface area contributed by atoms with Gasteiger partial charge in [0, 0.05) is 18.6 Å². The quantitative estimate of drug-likeness (QED) is 0.688. The van der Waals surface area contributed by atoms with E-state index in [0.717, 1.165) is 5.92 Å². The Balaban J connectivity index is 1.63. The van der Waals surface area contributed by atoms with Crippen LogP contribution in [0, 0.1) is 5.92 Å². The minimum Gasteiger partial charge on any atom is -0.328 e. The van der Waals surface area contributed by atoms with Gasteiger partial charge < -0.3 is 16.0 Å². The standard InChI is InChI=1S/C11H23N3/c1-14-5-4-9(8-14)7-13-11-3-2-10(12)6-11/h9-11,13H,2-8,12H2,1H3. The Hall–Kier alpha value is -0.120. The lowest BCUT2D eigenvalue weighted by atomic mass is 10.1. The summed E-state index contributed by atoms with van der Waals surface area (Å²) in [6.07, 6.45) is 5.04. The molecule has 0 radical (unpaired) electrons. The minimum atomic E-state index is 0.457. The van der Waals surface area contributed by atoms with E-state index in [1.165, 1.54) is 45.3 Å². The molecule has 1 aliphatic carbocycles. The van der Waals surface area contributed by atoms with Crippen LogP contribution in [0.25, 0.3) is 0 Å². The van der Waals surface area contributed by atoms with Crippen molar-refractivity contribution >= 4 is 0 Å². The van der Waals surface area contributed by atoms with Gasteiger partial charge in [0.1, 0.15) is 0 Å². The van der Waals surface area contributed by atoms with E-state index in [0.29, 0.717) is 12.1 Å². The molecule has 3 N–H and O–H groups in total. The van der Waals surface area contributed by atoms with E-state index in [1.54, 1.807) is 0 Å². The number of likely N-dealkylation sites (tertiary alicyclic amines) is 1. The first-order valence-electron chi connectivity index (χ1n) is 5.91. The summed E-state index contributed by atoms with van der Waals surface area (Å²) in [5.41, 5.74) is 5.88. The maximum Gasteiger partial charge on any atom is 0.00824 e. The highest BCUT2D eigenvalue weighted by Crippen LogP contribution is 2.19. The van der Waals surface area contributed by atoms with Crippen molar-refractivity contribution in [1.82, 2.24) is 10.2 Å². The lowest BCUT2D eigenvalue weighted by molar-refractivity contribution is 0.378. The fourth-order valence-corrected chi connectivity index (χ4v) is 2.73. The SMILES string of the molecule is CN1CCC(CNC2CCC(N)C2)C1. The van der Waals surface area contributed by atoms with Crippen LogP contribution < -0.4 is 11.1 Å². The third-order valence-corrected chi connectivity index (χ3v) is 3.66. The van der Waals surface area contributed by atoms with Gasteiger partial charge in [0.05, 0.1) is 0 Å². The molecule has 1 heterocycles. The fraction of sp³-hybridized carbons (Fsp3) is 1.00. The summed E-state index contributed by atoms with van der Waals surface area (Å²) in [5.74, 6) is 0.872. The third-order valence-electron chi connectivity index (χ3n) is 3.66. The molecule has 0 amide bonds. The summed E-state index contributed by atoms with van der Waals surface area (Å²) in [7, 11) is 2.21. The van der Waals surface area contributed by atoms with Crippen molar-refractivity contribution in [3.05, 3.63) is 0 Å². The van der Waals surface area contributed by atoms with Gasteiger partial charge in [-0.05, 0) is 51.7 Å². The van der Waals surface area contributed by atoms with Gasteiger partial charge in [-0.25, -0.2) is 0 Å². The molecule has 3 heteroatoms. The van der Waals surface area contributed by atoms with Crippen molar-refractivity contribution in [3.63, 3.8) is 0 Å². The van der Waals surface area contributed by atoms with E-state index < -0.39 is 0 Å². The van der Waals surface area contributed by atoms with Gasteiger partial charge >= 0.3 is 0 Å². The number of nitrogens with zero attached hydrogens (tertiary/aromatic N) is 1. The van der Waals surface area contributed by atoms with E-state index in [-0.39, 0.29) is 0 Å². The predicted octanol–water partition coefficient (Wildman–Crippen LogP) is 0.408. The fourth-order valence-electron chi connectivity index (χ4n) is 2.73. The van der Waals surface area contributed by atoms with Gasteiger partial charge in [-0.2, -0.15) is 0 Å². The van der Waals surface area contributed by atoms with Crippen molar-refractivity contribution in [2.45, 2.75) is 37.8 Å². The van der Waals surface area contributed by atoms with Crippen LogP contribution in [-0.4, -0.2) is 43.7 Å². The van der Waals surface area contributed by atoms with Crippen molar-refractivity contribution in [2.24, 2.45) is 11.7 Å². The van der Waals surface area contributed by atoms with Crippen LogP contribution in [0.3, 0.4) is 0 Å². The maximum atomic E-state index is 5.88. The van der Waals surface area contributed by atoms with Crippen molar-refractivity contribution < 1.29 is 0 Å². The first-order valence-corrected chi connectivity index (χ1v) is 5.91. The molecular weight excluding hydrogens is 174 g/mol. The highest BCUT2D eigenvalue weighted by atomic mass is 15.1. The summed E-state index contributed by atoms with van der Waals surface area (Å²) in [4.78, 5) is 2.42. The largest absolute Gasteiger partial charge is 0.328 e. The molecule has 0 spiro atoms. The second kappa shape index (κ2) is 4.60. The van der Waals surface area contributed by atoms with E-state index in [4.69, 9.17) is 5.73 Å². The number of hydrogen-bond acceptors (Lipinski definition) is 3. The maximum absolute atomic E-state index is 5.88. The number of nitrogens with one attached hydrogen (secondary N) is 1. The van der Waals surface area contributed by atoms with Gasteiger partial charge in [-0.3, -0.25) is 0 Å². The normalized spacial score (nSPS) is 39.4. The molecule has 0 aromatic rings. The van der Waals surface area contributed by atoms with Crippen LogP contribution in [0.5, 0.6) is 0 Å². The summed E-state index contributed by atoms with van der Waals surface area (Å²) >= 11 is 0. The minimum absolute atomic E-state index is 0.457. The number of nitrogens with two attached hydrogens (primary N) is 1. The zero-order chi connectivity index (χ0) is 9.97. The van der Waals surface area contributed by atoms with Crippen molar-refractivity contribution in [2.75, 3.05) is 26.7 Å². The lowest BCUT2D eigenvalue weighted by Crippen LogP contribution is -2.33. The highest BCUT2D eigenvalue weighted by molar-refractivity contribution is 4.84. The van der Waals surface area contributed by atoms with E-state index in [1.807, 2.05) is 0 Å². The molecule has 14 heavy (non-hydrogen) atoms. The Morgan fingerprint density at radius 3 is 2.79 bits per heavy atom. The van der Waals surface area contributed by atoms with Gasteiger partial charge in [0.15, 0.2) is 0 Å². The van der Waals surface area contributed by atoms with Crippen LogP contribution in [0.4, 0.5) is 0 Å². The number of hydrogen-bond donors (Lipinski definition) is 2. The molecule has 3 atom stereocenters. The molecule has 1 aliphatic heterocycles. The molecule has 0 bridgehead atoms. The molecule has 0 aromatic carbocycles. The smallest absolute Gasteiger partial charge is 0.00824 e. The van der Waals surface area contributed by atoms with Gasteiger partial charge in [-0.15, -0.1) is 0 Å². The molecule has 1 saturated carbocycles. The molecule has 0 aromatic heterocycles. The Bertz CT molecular complexity index is 163. The molecule has 2 fully saturated rings. The molecule has 3 unspecified atom stereocenters. The van der Waals surface area contributed by atoms with E-state index >= 15 is 0 Å². The topological polar surface area (TPSA) is 41.3 Å². The average molecular weight is 197 g/mol. The molecule has 2 rings (SSSR count). The highest BCUT2D eigenvalue weighted by Gasteiger charge is 2.24. The third kappa shape index (κ3) is 2.69. The molecule has 2 aliphatic rings. The van der Waals surface area contributed by atoms with Crippen molar-refractivity contribution in [3.8, 4) is 0 Å². The van der Waals surface area contributed by atoms with E-state index in [9.17, 15) is 0 Å². The van der Waals surface area contributed by atoms with E-state index in [2.05, 4.69) is 17.3 Å². The number of rotatable bonds is 3. The monoisotopic (exact) mass is 197 g/mol. The van der Waals surface area contributed by atoms with Crippen LogP contribution in [0.1, 0.15) is 25.7 Å². The first-order chi connectivity index (χ1) is 6.74. The zero-order valence-electron chi connectivity index (χ0n) is 9.21. The lowest BCUT2D eigenvalue weighted by Gasteiger charge is -2.16. The molecule has 3 nitrogen and oxygen atoms in total. The van der Waals surface area contributed by atoms with Crippen LogP contribution >= 0.6 is 0 Å². The Kier molecular flexibility index (Phi) is 3.42. The molecular formula is C11H23N3. The van der Waals surface area contributed by atoms with Crippen LogP contribution in [0.15, 0.2) is 0 Å². The predicted molar refractivity (Wildman–Crippen MR) is 59.2 cm³/mol. The Morgan fingerprint density at radius 1 is 1.36 bits per heavy atom. The van der Waals surface area contributed by atoms with Gasteiger partial charge in [0.2, 0.25) is 0 Å². The van der Waals surface area contributed by atoms with Gasteiger partial charge in [-0.1, -0.05) is 0 Å². The second-order valence-corrected chi connectivity index (χ2v) is 5.10. The van der Waals surface area contributed by atoms with Gasteiger partial charge in [0.25, 0.3) is 0 Å². The van der Waals surface area contributed by atoms with Crippen LogP contribution in [-0.2, 0) is 0 Å².